The van der Waals surface area contributed by atoms with Crippen LogP contribution in [0, 0.1) is 0 Å². The van der Waals surface area contributed by atoms with Crippen molar-refractivity contribution >= 4 is 12.0 Å². The highest BCUT2D eigenvalue weighted by molar-refractivity contribution is 5.94. The van der Waals surface area contributed by atoms with Crippen LogP contribution in [0.5, 0.6) is 0 Å². The molecule has 2 amide bonds. The number of β-amino-alcohol motifs (C(OH)–C–C–N with tert-alkyl or cyclic N) is 1. The summed E-state index contributed by atoms with van der Waals surface area (Å²) in [5.41, 5.74) is 1.07. The minimum absolute atomic E-state index is 0.129. The first-order valence-corrected chi connectivity index (χ1v) is 6.84. The van der Waals surface area contributed by atoms with E-state index in [2.05, 4.69) is 15.0 Å². The van der Waals surface area contributed by atoms with Crippen LogP contribution in [0.15, 0.2) is 18.3 Å². The van der Waals surface area contributed by atoms with E-state index in [1.165, 1.54) is 13.3 Å². The maximum atomic E-state index is 12.4. The van der Waals surface area contributed by atoms with Crippen LogP contribution >= 0.6 is 0 Å². The van der Waals surface area contributed by atoms with E-state index < -0.39 is 12.2 Å². The highest BCUT2D eigenvalue weighted by Gasteiger charge is 2.23. The number of aliphatic hydroxyl groups is 1. The first-order valence-electron chi connectivity index (χ1n) is 6.84. The van der Waals surface area contributed by atoms with Gasteiger partial charge in [-0.05, 0) is 25.0 Å². The third kappa shape index (κ3) is 4.16. The Hall–Kier alpha value is -2.15. The molecular weight excluding hydrogens is 274 g/mol. The molecule has 21 heavy (non-hydrogen) atoms. The highest BCUT2D eigenvalue weighted by atomic mass is 16.5. The molecule has 7 nitrogen and oxygen atoms in total. The Bertz CT molecular complexity index is 521. The standard InChI is InChI=1S/C14H19N3O4/c1-21-14(20)16-8-11-7-10(4-5-15-11)13(19)17-6-2-3-12(18)9-17/h4-5,7,12,18H,2-3,6,8-9H2,1H3,(H,16,20). The molecule has 1 unspecified atom stereocenters. The number of carbonyl (C=O) groups excluding carboxylic acids is 2. The molecule has 1 aromatic heterocycles. The normalized spacial score (nSPS) is 18.2. The van der Waals surface area contributed by atoms with E-state index >= 15 is 0 Å². The number of ether oxygens (including phenoxy) is 1. The van der Waals surface area contributed by atoms with Gasteiger partial charge in [0.25, 0.3) is 5.91 Å². The fourth-order valence-electron chi connectivity index (χ4n) is 2.26. The number of nitrogens with one attached hydrogen (secondary N) is 1. The molecule has 1 aliphatic heterocycles. The average molecular weight is 293 g/mol. The Labute approximate surface area is 122 Å². The number of hydrogen-bond acceptors (Lipinski definition) is 5. The summed E-state index contributed by atoms with van der Waals surface area (Å²) in [4.78, 5) is 29.1. The number of nitrogens with zero attached hydrogens (tertiary/aromatic N) is 2. The predicted octanol–water partition coefficient (Wildman–Crippen LogP) is 0.534. The van der Waals surface area contributed by atoms with E-state index in [-0.39, 0.29) is 12.5 Å². The van der Waals surface area contributed by atoms with Crippen molar-refractivity contribution in [3.8, 4) is 0 Å². The van der Waals surface area contributed by atoms with E-state index in [0.717, 1.165) is 12.8 Å². The molecule has 1 saturated heterocycles. The van der Waals surface area contributed by atoms with Crippen LogP contribution < -0.4 is 5.32 Å². The Morgan fingerprint density at radius 3 is 3.10 bits per heavy atom. The van der Waals surface area contributed by atoms with E-state index in [9.17, 15) is 14.7 Å². The lowest BCUT2D eigenvalue weighted by Gasteiger charge is -2.30. The summed E-state index contributed by atoms with van der Waals surface area (Å²) in [6.45, 7) is 1.20. The molecule has 0 aromatic carbocycles. The number of likely N-dealkylation sites (tertiary alicyclic amines) is 1. The largest absolute Gasteiger partial charge is 0.453 e. The Morgan fingerprint density at radius 1 is 1.57 bits per heavy atom. The van der Waals surface area contributed by atoms with Crippen molar-refractivity contribution in [2.45, 2.75) is 25.5 Å². The lowest BCUT2D eigenvalue weighted by atomic mass is 10.1. The SMILES string of the molecule is COC(=O)NCc1cc(C(=O)N2CCCC(O)C2)ccn1. The van der Waals surface area contributed by atoms with E-state index in [1.807, 2.05) is 0 Å². The molecule has 1 fully saturated rings. The van der Waals surface area contributed by atoms with Crippen LogP contribution in [-0.4, -0.2) is 53.3 Å². The number of amides is 2. The molecule has 0 saturated carbocycles. The van der Waals surface area contributed by atoms with Gasteiger partial charge in [-0.1, -0.05) is 0 Å². The van der Waals surface area contributed by atoms with E-state index in [4.69, 9.17) is 0 Å². The molecule has 0 spiro atoms. The van der Waals surface area contributed by atoms with Crippen LogP contribution in [0.2, 0.25) is 0 Å². The lowest BCUT2D eigenvalue weighted by Crippen LogP contribution is -2.42. The minimum Gasteiger partial charge on any atom is -0.453 e. The highest BCUT2D eigenvalue weighted by Crippen LogP contribution is 2.14. The van der Waals surface area contributed by atoms with E-state index in [1.54, 1.807) is 17.0 Å². The molecule has 2 N–H and O–H groups in total. The maximum Gasteiger partial charge on any atom is 0.407 e. The van der Waals surface area contributed by atoms with Crippen LogP contribution in [0.4, 0.5) is 4.79 Å². The van der Waals surface area contributed by atoms with Crippen LogP contribution in [-0.2, 0) is 11.3 Å². The second-order valence-corrected chi connectivity index (χ2v) is 4.93. The molecular formula is C14H19N3O4. The number of aromatic nitrogens is 1. The Morgan fingerprint density at radius 2 is 2.38 bits per heavy atom. The molecule has 0 bridgehead atoms. The van der Waals surface area contributed by atoms with Gasteiger partial charge in [-0.2, -0.15) is 0 Å². The number of rotatable bonds is 3. The average Bonchev–Trinajstić information content (AvgIpc) is 2.52. The van der Waals surface area contributed by atoms with Gasteiger partial charge in [0, 0.05) is 24.8 Å². The van der Waals surface area contributed by atoms with Crippen LogP contribution in [0.25, 0.3) is 0 Å². The summed E-state index contributed by atoms with van der Waals surface area (Å²) >= 11 is 0. The van der Waals surface area contributed by atoms with Crippen molar-refractivity contribution in [1.29, 1.82) is 0 Å². The minimum atomic E-state index is -0.548. The van der Waals surface area contributed by atoms with Crippen LogP contribution in [0.3, 0.4) is 0 Å². The number of piperidine rings is 1. The van der Waals surface area contributed by atoms with E-state index in [0.29, 0.717) is 24.3 Å². The first-order chi connectivity index (χ1) is 10.1. The zero-order valence-electron chi connectivity index (χ0n) is 11.9. The molecule has 114 valence electrons. The van der Waals surface area contributed by atoms with Crippen molar-refractivity contribution in [1.82, 2.24) is 15.2 Å². The molecule has 0 aliphatic carbocycles. The lowest BCUT2D eigenvalue weighted by molar-refractivity contribution is 0.0473. The van der Waals surface area contributed by atoms with Gasteiger partial charge < -0.3 is 20.1 Å². The van der Waals surface area contributed by atoms with Crippen molar-refractivity contribution in [3.63, 3.8) is 0 Å². The number of aliphatic hydroxyl groups excluding tert-OH is 1. The number of methoxy groups -OCH3 is 1. The van der Waals surface area contributed by atoms with Gasteiger partial charge in [-0.15, -0.1) is 0 Å². The van der Waals surface area contributed by atoms with Gasteiger partial charge in [0.15, 0.2) is 0 Å². The molecule has 7 heteroatoms. The van der Waals surface area contributed by atoms with Crippen LogP contribution in [0.1, 0.15) is 28.9 Å². The quantitative estimate of drug-likeness (QED) is 0.848. The van der Waals surface area contributed by atoms with Gasteiger partial charge in [-0.25, -0.2) is 4.79 Å². The third-order valence-electron chi connectivity index (χ3n) is 3.35. The topological polar surface area (TPSA) is 91.8 Å². The summed E-state index contributed by atoms with van der Waals surface area (Å²) in [6.07, 6.45) is 2.06. The molecule has 1 aliphatic rings. The fraction of sp³-hybridized carbons (Fsp3) is 0.500. The van der Waals surface area contributed by atoms with Crippen molar-refractivity contribution in [2.24, 2.45) is 0 Å². The summed E-state index contributed by atoms with van der Waals surface area (Å²) in [6, 6.07) is 3.27. The fourth-order valence-corrected chi connectivity index (χ4v) is 2.26. The third-order valence-corrected chi connectivity index (χ3v) is 3.35. The molecule has 1 aromatic rings. The van der Waals surface area contributed by atoms with Gasteiger partial charge in [0.1, 0.15) is 0 Å². The monoisotopic (exact) mass is 293 g/mol. The zero-order valence-corrected chi connectivity index (χ0v) is 11.9. The maximum absolute atomic E-state index is 12.4. The van der Waals surface area contributed by atoms with Crippen molar-refractivity contribution < 1.29 is 19.4 Å². The first kappa shape index (κ1) is 15.2. The summed E-state index contributed by atoms with van der Waals surface area (Å²) in [7, 11) is 1.28. The number of pyridine rings is 1. The molecule has 2 rings (SSSR count). The second kappa shape index (κ2) is 7.03. The number of alkyl carbamates (subject to hydrolysis) is 1. The zero-order chi connectivity index (χ0) is 15.2. The smallest absolute Gasteiger partial charge is 0.407 e. The van der Waals surface area contributed by atoms with Crippen molar-refractivity contribution in [3.05, 3.63) is 29.6 Å². The Balaban J connectivity index is 2.02. The predicted molar refractivity (Wildman–Crippen MR) is 74.6 cm³/mol. The van der Waals surface area contributed by atoms with Gasteiger partial charge in [0.05, 0.1) is 25.5 Å². The molecule has 1 atom stereocenters. The summed E-state index contributed by atoms with van der Waals surface area (Å²) in [5, 5.41) is 12.1. The second-order valence-electron chi connectivity index (χ2n) is 4.93. The molecule has 0 radical (unpaired) electrons. The van der Waals surface area contributed by atoms with Gasteiger partial charge >= 0.3 is 6.09 Å². The molecule has 2 heterocycles. The number of carbonyl (C=O) groups is 2. The number of hydrogen-bond donors (Lipinski definition) is 2. The van der Waals surface area contributed by atoms with Crippen molar-refractivity contribution in [2.75, 3.05) is 20.2 Å². The summed E-state index contributed by atoms with van der Waals surface area (Å²) < 4.78 is 4.48. The summed E-state index contributed by atoms with van der Waals surface area (Å²) in [5.74, 6) is -0.129. The van der Waals surface area contributed by atoms with Gasteiger partial charge in [-0.3, -0.25) is 9.78 Å². The Kier molecular flexibility index (Phi) is 5.10. The van der Waals surface area contributed by atoms with Gasteiger partial charge in [0.2, 0.25) is 0 Å².